The zero-order valence-electron chi connectivity index (χ0n) is 22.1. The Morgan fingerprint density at radius 1 is 1.05 bits per heavy atom. The highest BCUT2D eigenvalue weighted by Crippen LogP contribution is 2.30. The van der Waals surface area contributed by atoms with Gasteiger partial charge in [-0.15, -0.1) is 0 Å². The fraction of sp³-hybridized carbons (Fsp3) is 0.500. The number of nitrogens with zero attached hydrogens (tertiary/aromatic N) is 2. The first-order valence-corrected chi connectivity index (χ1v) is 14.8. The second-order valence-electron chi connectivity index (χ2n) is 9.53. The molecule has 1 saturated carbocycles. The molecule has 37 heavy (non-hydrogen) atoms. The molecule has 9 heteroatoms. The molecule has 202 valence electrons. The first-order valence-electron chi connectivity index (χ1n) is 13.0. The summed E-state index contributed by atoms with van der Waals surface area (Å²) in [5, 5.41) is 3.15. The lowest BCUT2D eigenvalue weighted by Gasteiger charge is -2.32. The zero-order chi connectivity index (χ0) is 26.8. The summed E-state index contributed by atoms with van der Waals surface area (Å²) in [5.74, 6) is 0.149. The average molecular weight is 530 g/mol. The lowest BCUT2D eigenvalue weighted by Crippen LogP contribution is -2.51. The van der Waals surface area contributed by atoms with E-state index in [-0.39, 0.29) is 30.8 Å². The van der Waals surface area contributed by atoms with Gasteiger partial charge in [-0.3, -0.25) is 13.9 Å². The standard InChI is InChI=1S/C28H39N3O5S/c1-4-24(28(33)29-23-15-8-9-16-23)30(21-22-13-6-5-7-14-22)27(32)19-12-20-31(37(3,34)35)25-17-10-11-18-26(25)36-2/h5-7,10-11,13-14,17-18,23-24H,4,8-9,12,15-16,19-21H2,1-3H3,(H,29,33)/t24-/m0/s1. The van der Waals surface area contributed by atoms with Crippen LogP contribution in [0, 0.1) is 0 Å². The Morgan fingerprint density at radius 3 is 2.32 bits per heavy atom. The molecule has 0 aliphatic heterocycles. The fourth-order valence-electron chi connectivity index (χ4n) is 4.89. The maximum atomic E-state index is 13.5. The van der Waals surface area contributed by atoms with Gasteiger partial charge in [0.25, 0.3) is 0 Å². The Labute approximate surface area is 221 Å². The van der Waals surface area contributed by atoms with Crippen molar-refractivity contribution in [1.82, 2.24) is 10.2 Å². The van der Waals surface area contributed by atoms with Crippen LogP contribution >= 0.6 is 0 Å². The highest BCUT2D eigenvalue weighted by atomic mass is 32.2. The highest BCUT2D eigenvalue weighted by molar-refractivity contribution is 7.92. The zero-order valence-corrected chi connectivity index (χ0v) is 22.9. The number of ether oxygens (including phenoxy) is 1. The first kappa shape index (κ1) is 28.5. The molecule has 2 aromatic rings. The lowest BCUT2D eigenvalue weighted by atomic mass is 10.1. The minimum absolute atomic E-state index is 0.112. The molecule has 0 radical (unpaired) electrons. The van der Waals surface area contributed by atoms with Gasteiger partial charge in [-0.2, -0.15) is 0 Å². The third-order valence-electron chi connectivity index (χ3n) is 6.79. The summed E-state index contributed by atoms with van der Waals surface area (Å²) in [5.41, 5.74) is 1.37. The van der Waals surface area contributed by atoms with E-state index in [9.17, 15) is 18.0 Å². The van der Waals surface area contributed by atoms with Gasteiger partial charge in [0, 0.05) is 25.6 Å². The number of methoxy groups -OCH3 is 1. The van der Waals surface area contributed by atoms with Gasteiger partial charge in [-0.25, -0.2) is 8.42 Å². The number of sulfonamides is 1. The number of rotatable bonds is 13. The Kier molecular flexibility index (Phi) is 10.4. The maximum absolute atomic E-state index is 13.5. The number of nitrogens with one attached hydrogen (secondary N) is 1. The topological polar surface area (TPSA) is 96.0 Å². The highest BCUT2D eigenvalue weighted by Gasteiger charge is 2.31. The number of carbonyl (C=O) groups is 2. The minimum Gasteiger partial charge on any atom is -0.495 e. The van der Waals surface area contributed by atoms with Gasteiger partial charge < -0.3 is 15.0 Å². The summed E-state index contributed by atoms with van der Waals surface area (Å²) in [4.78, 5) is 28.4. The van der Waals surface area contributed by atoms with Crippen molar-refractivity contribution in [3.8, 4) is 5.75 Å². The summed E-state index contributed by atoms with van der Waals surface area (Å²) in [6, 6.07) is 16.1. The fourth-order valence-corrected chi connectivity index (χ4v) is 5.85. The smallest absolute Gasteiger partial charge is 0.243 e. The maximum Gasteiger partial charge on any atom is 0.243 e. The normalized spacial score (nSPS) is 14.7. The number of hydrogen-bond donors (Lipinski definition) is 1. The van der Waals surface area contributed by atoms with Crippen LogP contribution in [0.4, 0.5) is 5.69 Å². The Balaban J connectivity index is 1.75. The molecule has 1 fully saturated rings. The van der Waals surface area contributed by atoms with Crippen LogP contribution in [0.15, 0.2) is 54.6 Å². The van der Waals surface area contributed by atoms with E-state index in [0.717, 1.165) is 37.5 Å². The van der Waals surface area contributed by atoms with Crippen molar-refractivity contribution in [2.75, 3.05) is 24.2 Å². The van der Waals surface area contributed by atoms with Gasteiger partial charge in [-0.1, -0.05) is 62.2 Å². The van der Waals surface area contributed by atoms with Crippen LogP contribution in [-0.2, 0) is 26.2 Å². The number of carbonyl (C=O) groups excluding carboxylic acids is 2. The molecule has 1 atom stereocenters. The lowest BCUT2D eigenvalue weighted by molar-refractivity contribution is -0.141. The van der Waals surface area contributed by atoms with E-state index >= 15 is 0 Å². The van der Waals surface area contributed by atoms with E-state index in [4.69, 9.17) is 4.74 Å². The van der Waals surface area contributed by atoms with E-state index in [1.165, 1.54) is 11.4 Å². The molecular formula is C28H39N3O5S. The van der Waals surface area contributed by atoms with Crippen LogP contribution < -0.4 is 14.4 Å². The third kappa shape index (κ3) is 7.95. The molecule has 0 heterocycles. The molecule has 0 saturated heterocycles. The summed E-state index contributed by atoms with van der Waals surface area (Å²) >= 11 is 0. The molecule has 0 bridgehead atoms. The predicted octanol–water partition coefficient (Wildman–Crippen LogP) is 4.11. The summed E-state index contributed by atoms with van der Waals surface area (Å²) in [6.07, 6.45) is 6.21. The van der Waals surface area contributed by atoms with Gasteiger partial charge in [0.05, 0.1) is 19.1 Å². The Bertz CT molecular complexity index is 1130. The quantitative estimate of drug-likeness (QED) is 0.421. The van der Waals surface area contributed by atoms with E-state index in [2.05, 4.69) is 5.32 Å². The molecule has 0 spiro atoms. The molecule has 0 unspecified atom stereocenters. The predicted molar refractivity (Wildman–Crippen MR) is 146 cm³/mol. The molecule has 8 nitrogen and oxygen atoms in total. The molecule has 3 rings (SSSR count). The Hall–Kier alpha value is -3.07. The minimum atomic E-state index is -3.60. The van der Waals surface area contributed by atoms with E-state index in [1.54, 1.807) is 29.2 Å². The van der Waals surface area contributed by atoms with Gasteiger partial charge in [0.15, 0.2) is 0 Å². The summed E-state index contributed by atoms with van der Waals surface area (Å²) in [7, 11) is -2.11. The number of benzene rings is 2. The molecule has 1 aliphatic carbocycles. The summed E-state index contributed by atoms with van der Waals surface area (Å²) in [6.45, 7) is 2.35. The number of para-hydroxylation sites is 2. The van der Waals surface area contributed by atoms with Gasteiger partial charge in [0.2, 0.25) is 21.8 Å². The van der Waals surface area contributed by atoms with Gasteiger partial charge in [-0.05, 0) is 43.4 Å². The van der Waals surface area contributed by atoms with E-state index in [0.29, 0.717) is 30.8 Å². The van der Waals surface area contributed by atoms with Gasteiger partial charge in [0.1, 0.15) is 11.8 Å². The van der Waals surface area contributed by atoms with Crippen LogP contribution in [0.2, 0.25) is 0 Å². The number of hydrogen-bond acceptors (Lipinski definition) is 5. The van der Waals surface area contributed by atoms with Gasteiger partial charge >= 0.3 is 0 Å². The van der Waals surface area contributed by atoms with Crippen molar-refractivity contribution in [1.29, 1.82) is 0 Å². The van der Waals surface area contributed by atoms with E-state index in [1.807, 2.05) is 37.3 Å². The number of anilines is 1. The second kappa shape index (κ2) is 13.5. The van der Waals surface area contributed by atoms with Crippen molar-refractivity contribution in [3.05, 3.63) is 60.2 Å². The largest absolute Gasteiger partial charge is 0.495 e. The molecular weight excluding hydrogens is 490 g/mol. The van der Waals surface area contributed by atoms with Crippen molar-refractivity contribution in [2.24, 2.45) is 0 Å². The second-order valence-corrected chi connectivity index (χ2v) is 11.4. The van der Waals surface area contributed by atoms with Crippen molar-refractivity contribution in [3.63, 3.8) is 0 Å². The third-order valence-corrected chi connectivity index (χ3v) is 7.97. The van der Waals surface area contributed by atoms with Crippen molar-refractivity contribution < 1.29 is 22.7 Å². The molecule has 1 N–H and O–H groups in total. The summed E-state index contributed by atoms with van der Waals surface area (Å²) < 4.78 is 31.8. The SMILES string of the molecule is CC[C@@H](C(=O)NC1CCCC1)N(Cc1ccccc1)C(=O)CCCN(c1ccccc1OC)S(C)(=O)=O. The van der Waals surface area contributed by atoms with Crippen molar-refractivity contribution >= 4 is 27.5 Å². The first-order chi connectivity index (χ1) is 17.7. The van der Waals surface area contributed by atoms with Crippen LogP contribution in [0.5, 0.6) is 5.75 Å². The molecule has 0 aromatic heterocycles. The molecule has 2 amide bonds. The number of amides is 2. The van der Waals surface area contributed by atoms with Crippen LogP contribution in [-0.4, -0.2) is 57.1 Å². The van der Waals surface area contributed by atoms with Crippen LogP contribution in [0.25, 0.3) is 0 Å². The monoisotopic (exact) mass is 529 g/mol. The van der Waals surface area contributed by atoms with Crippen LogP contribution in [0.3, 0.4) is 0 Å². The Morgan fingerprint density at radius 2 is 1.70 bits per heavy atom. The molecule has 2 aromatic carbocycles. The molecule has 1 aliphatic rings. The average Bonchev–Trinajstić information content (AvgIpc) is 3.39. The van der Waals surface area contributed by atoms with Crippen molar-refractivity contribution in [2.45, 2.75) is 70.5 Å². The van der Waals surface area contributed by atoms with E-state index < -0.39 is 16.1 Å². The van der Waals surface area contributed by atoms with Crippen LogP contribution in [0.1, 0.15) is 57.4 Å².